The molecule has 3 fully saturated rings. The third-order valence-electron chi connectivity index (χ3n) is 5.43. The van der Waals surface area contributed by atoms with Crippen LogP contribution in [0.25, 0.3) is 0 Å². The summed E-state index contributed by atoms with van der Waals surface area (Å²) in [5.74, 6) is -1.07. The number of carbonyl (C=O) groups excluding carboxylic acids is 2. The van der Waals surface area contributed by atoms with Crippen LogP contribution in [0, 0.1) is 11.8 Å². The van der Waals surface area contributed by atoms with Crippen molar-refractivity contribution in [2.75, 3.05) is 0 Å². The molecular formula is C17H26O4. The van der Waals surface area contributed by atoms with Crippen molar-refractivity contribution in [3.05, 3.63) is 0 Å². The van der Waals surface area contributed by atoms with Gasteiger partial charge in [0.1, 0.15) is 0 Å². The molecule has 4 heteroatoms. The Morgan fingerprint density at radius 3 is 1.43 bits per heavy atom. The highest BCUT2D eigenvalue weighted by Gasteiger charge is 2.53. The highest BCUT2D eigenvalue weighted by molar-refractivity contribution is 5.80. The van der Waals surface area contributed by atoms with Crippen molar-refractivity contribution in [1.29, 1.82) is 0 Å². The molecule has 0 atom stereocenters. The summed E-state index contributed by atoms with van der Waals surface area (Å²) in [6, 6.07) is 0. The maximum atomic E-state index is 12.1. The monoisotopic (exact) mass is 294 g/mol. The van der Waals surface area contributed by atoms with Gasteiger partial charge >= 0.3 is 11.9 Å². The first-order valence-corrected chi connectivity index (χ1v) is 8.64. The van der Waals surface area contributed by atoms with E-state index in [-0.39, 0.29) is 36.6 Å². The van der Waals surface area contributed by atoms with Crippen molar-refractivity contribution in [2.45, 2.75) is 82.8 Å². The summed E-state index contributed by atoms with van der Waals surface area (Å²) in [4.78, 5) is 24.2. The van der Waals surface area contributed by atoms with Gasteiger partial charge in [-0.3, -0.25) is 9.59 Å². The number of esters is 2. The zero-order chi connectivity index (χ0) is 14.7. The van der Waals surface area contributed by atoms with Crippen LogP contribution in [0.5, 0.6) is 0 Å². The lowest BCUT2D eigenvalue weighted by atomic mass is 9.72. The van der Waals surface area contributed by atoms with Crippen LogP contribution in [-0.4, -0.2) is 17.7 Å². The number of rotatable bonds is 2. The molecule has 3 aliphatic rings. The molecule has 0 aromatic heterocycles. The van der Waals surface area contributed by atoms with Gasteiger partial charge in [-0.05, 0) is 25.7 Å². The van der Waals surface area contributed by atoms with Crippen LogP contribution < -0.4 is 0 Å². The fourth-order valence-corrected chi connectivity index (χ4v) is 4.36. The minimum atomic E-state index is -0.953. The Kier molecular flexibility index (Phi) is 4.51. The van der Waals surface area contributed by atoms with Gasteiger partial charge in [0.15, 0.2) is 0 Å². The molecule has 1 heterocycles. The van der Waals surface area contributed by atoms with E-state index < -0.39 is 5.79 Å². The smallest absolute Gasteiger partial charge is 0.309 e. The van der Waals surface area contributed by atoms with Gasteiger partial charge in [-0.1, -0.05) is 38.5 Å². The first-order chi connectivity index (χ1) is 10.2. The maximum absolute atomic E-state index is 12.1. The van der Waals surface area contributed by atoms with Crippen LogP contribution in [0.2, 0.25) is 0 Å². The van der Waals surface area contributed by atoms with Gasteiger partial charge in [-0.2, -0.15) is 0 Å². The molecule has 118 valence electrons. The zero-order valence-corrected chi connectivity index (χ0v) is 12.8. The average molecular weight is 294 g/mol. The molecule has 0 amide bonds. The molecule has 2 saturated carbocycles. The van der Waals surface area contributed by atoms with E-state index in [9.17, 15) is 9.59 Å². The molecule has 0 unspecified atom stereocenters. The Hall–Kier alpha value is -1.06. The fraction of sp³-hybridized carbons (Fsp3) is 0.882. The van der Waals surface area contributed by atoms with Crippen LogP contribution in [-0.2, 0) is 19.1 Å². The summed E-state index contributed by atoms with van der Waals surface area (Å²) >= 11 is 0. The fourth-order valence-electron chi connectivity index (χ4n) is 4.36. The maximum Gasteiger partial charge on any atom is 0.309 e. The van der Waals surface area contributed by atoms with Crippen molar-refractivity contribution in [1.82, 2.24) is 0 Å². The Balaban J connectivity index is 1.90. The Morgan fingerprint density at radius 2 is 1.05 bits per heavy atom. The molecule has 2 aliphatic carbocycles. The van der Waals surface area contributed by atoms with E-state index in [1.807, 2.05) is 0 Å². The van der Waals surface area contributed by atoms with E-state index in [1.165, 1.54) is 12.8 Å². The third-order valence-corrected chi connectivity index (χ3v) is 5.43. The van der Waals surface area contributed by atoms with E-state index in [0.717, 1.165) is 51.4 Å². The minimum Gasteiger partial charge on any atom is -0.422 e. The molecule has 21 heavy (non-hydrogen) atoms. The molecule has 0 bridgehead atoms. The number of ether oxygens (including phenoxy) is 2. The first kappa shape index (κ1) is 14.9. The van der Waals surface area contributed by atoms with Gasteiger partial charge in [0.2, 0.25) is 0 Å². The van der Waals surface area contributed by atoms with Gasteiger partial charge in [-0.25, -0.2) is 0 Å². The van der Waals surface area contributed by atoms with Crippen molar-refractivity contribution < 1.29 is 19.1 Å². The van der Waals surface area contributed by atoms with Crippen molar-refractivity contribution in [3.8, 4) is 0 Å². The van der Waals surface area contributed by atoms with E-state index >= 15 is 0 Å². The quantitative estimate of drug-likeness (QED) is 0.728. The summed E-state index contributed by atoms with van der Waals surface area (Å²) in [5.41, 5.74) is 0. The predicted molar refractivity (Wildman–Crippen MR) is 77.3 cm³/mol. The lowest BCUT2D eigenvalue weighted by molar-refractivity contribution is -0.272. The number of cyclic esters (lactones) is 2. The SMILES string of the molecule is O=C1CCC(=O)OC(C2CCCCC2)(C2CCCCC2)O1. The van der Waals surface area contributed by atoms with Gasteiger partial charge in [-0.15, -0.1) is 0 Å². The van der Waals surface area contributed by atoms with Crippen molar-refractivity contribution >= 4 is 11.9 Å². The first-order valence-electron chi connectivity index (χ1n) is 8.64. The molecule has 0 aromatic carbocycles. The molecule has 0 N–H and O–H groups in total. The van der Waals surface area contributed by atoms with Crippen LogP contribution in [0.15, 0.2) is 0 Å². The van der Waals surface area contributed by atoms with Crippen molar-refractivity contribution in [3.63, 3.8) is 0 Å². The summed E-state index contributed by atoms with van der Waals surface area (Å²) in [6.07, 6.45) is 11.4. The van der Waals surface area contributed by atoms with Gasteiger partial charge in [0.25, 0.3) is 5.79 Å². The minimum absolute atomic E-state index is 0.167. The lowest BCUT2D eigenvalue weighted by Crippen LogP contribution is -2.52. The van der Waals surface area contributed by atoms with E-state index in [0.29, 0.717) is 0 Å². The number of carbonyl (C=O) groups is 2. The Labute approximate surface area is 126 Å². The average Bonchev–Trinajstić information content (AvgIpc) is 2.69. The van der Waals surface area contributed by atoms with Gasteiger partial charge in [0.05, 0.1) is 12.8 Å². The molecule has 0 aromatic rings. The van der Waals surface area contributed by atoms with Crippen LogP contribution >= 0.6 is 0 Å². The molecule has 0 spiro atoms. The second-order valence-corrected chi connectivity index (χ2v) is 6.84. The molecular weight excluding hydrogens is 268 g/mol. The third kappa shape index (κ3) is 3.09. The molecule has 4 nitrogen and oxygen atoms in total. The molecule has 1 saturated heterocycles. The normalized spacial score (nSPS) is 28.6. The highest BCUT2D eigenvalue weighted by atomic mass is 16.7. The zero-order valence-electron chi connectivity index (χ0n) is 12.8. The summed E-state index contributed by atoms with van der Waals surface area (Å²) < 4.78 is 11.7. The lowest BCUT2D eigenvalue weighted by Gasteiger charge is -2.46. The van der Waals surface area contributed by atoms with Crippen LogP contribution in [0.4, 0.5) is 0 Å². The summed E-state index contributed by atoms with van der Waals surface area (Å²) in [6.45, 7) is 0. The van der Waals surface area contributed by atoms with Crippen LogP contribution in [0.3, 0.4) is 0 Å². The van der Waals surface area contributed by atoms with Crippen molar-refractivity contribution in [2.24, 2.45) is 11.8 Å². The van der Waals surface area contributed by atoms with E-state index in [2.05, 4.69) is 0 Å². The highest BCUT2D eigenvalue weighted by Crippen LogP contribution is 2.47. The largest absolute Gasteiger partial charge is 0.422 e. The molecule has 1 aliphatic heterocycles. The standard InChI is InChI=1S/C17H26O4/c18-15-11-12-16(19)21-17(20-15,13-7-3-1-4-8-13)14-9-5-2-6-10-14/h13-14H,1-12H2. The predicted octanol–water partition coefficient (Wildman–Crippen LogP) is 3.72. The second-order valence-electron chi connectivity index (χ2n) is 6.84. The van der Waals surface area contributed by atoms with E-state index in [4.69, 9.17) is 9.47 Å². The molecule has 3 rings (SSSR count). The van der Waals surface area contributed by atoms with Gasteiger partial charge in [0, 0.05) is 11.8 Å². The van der Waals surface area contributed by atoms with Gasteiger partial charge < -0.3 is 9.47 Å². The Morgan fingerprint density at radius 1 is 0.667 bits per heavy atom. The summed E-state index contributed by atoms with van der Waals surface area (Å²) in [5, 5.41) is 0. The summed E-state index contributed by atoms with van der Waals surface area (Å²) in [7, 11) is 0. The molecule has 0 radical (unpaired) electrons. The number of hydrogen-bond donors (Lipinski definition) is 0. The topological polar surface area (TPSA) is 52.6 Å². The number of hydrogen-bond acceptors (Lipinski definition) is 4. The second kappa shape index (κ2) is 6.37. The van der Waals surface area contributed by atoms with E-state index in [1.54, 1.807) is 0 Å². The Bertz CT molecular complexity index is 354. The van der Waals surface area contributed by atoms with Crippen LogP contribution in [0.1, 0.15) is 77.0 Å².